The maximum atomic E-state index is 12.8. The number of aromatic nitrogens is 2. The number of halogens is 1. The number of sulfone groups is 1. The van der Waals surface area contributed by atoms with Gasteiger partial charge in [0.2, 0.25) is 0 Å². The summed E-state index contributed by atoms with van der Waals surface area (Å²) in [6, 6.07) is 12.5. The molecule has 0 spiro atoms. The Labute approximate surface area is 199 Å². The summed E-state index contributed by atoms with van der Waals surface area (Å²) in [5, 5.41) is 3.14. The van der Waals surface area contributed by atoms with Crippen LogP contribution in [-0.4, -0.2) is 49.5 Å². The van der Waals surface area contributed by atoms with E-state index in [0.717, 1.165) is 24.3 Å². The number of ether oxygens (including phenoxy) is 1. The zero-order valence-electron chi connectivity index (χ0n) is 18.8. The Kier molecular flexibility index (Phi) is 7.99. The van der Waals surface area contributed by atoms with Crippen LogP contribution in [-0.2, 0) is 14.6 Å². The molecule has 0 aliphatic heterocycles. The zero-order valence-corrected chi connectivity index (χ0v) is 20.4. The quantitative estimate of drug-likeness (QED) is 0.467. The predicted molar refractivity (Wildman–Crippen MR) is 130 cm³/mol. The Morgan fingerprint density at radius 2 is 1.94 bits per heavy atom. The van der Waals surface area contributed by atoms with Crippen LogP contribution in [0, 0.1) is 6.92 Å². The summed E-state index contributed by atoms with van der Waals surface area (Å²) in [5.41, 5.74) is 3.13. The second-order valence-corrected chi connectivity index (χ2v) is 9.83. The lowest BCUT2D eigenvalue weighted by Gasteiger charge is -2.22. The first kappa shape index (κ1) is 24.6. The minimum Gasteiger partial charge on any atom is -0.448 e. The molecular weight excluding hydrogens is 464 g/mol. The van der Waals surface area contributed by atoms with Crippen LogP contribution < -0.4 is 10.2 Å². The maximum absolute atomic E-state index is 12.8. The predicted octanol–water partition coefficient (Wildman–Crippen LogP) is 4.70. The van der Waals surface area contributed by atoms with E-state index in [2.05, 4.69) is 29.0 Å². The molecule has 3 aromatic rings. The van der Waals surface area contributed by atoms with Gasteiger partial charge in [0.05, 0.1) is 11.9 Å². The van der Waals surface area contributed by atoms with Crippen LogP contribution in [0.15, 0.2) is 60.0 Å². The molecule has 0 atom stereocenters. The summed E-state index contributed by atoms with van der Waals surface area (Å²) in [5.74, 6) is -0.382. The molecule has 2 aromatic carbocycles. The number of imidazole rings is 1. The third kappa shape index (κ3) is 6.06. The zero-order chi connectivity index (χ0) is 24.0. The van der Waals surface area contributed by atoms with Crippen LogP contribution in [0.1, 0.15) is 19.4 Å². The van der Waals surface area contributed by atoms with Crippen molar-refractivity contribution in [3.05, 3.63) is 65.6 Å². The van der Waals surface area contributed by atoms with E-state index < -0.39 is 15.9 Å². The molecule has 176 valence electrons. The van der Waals surface area contributed by atoms with Gasteiger partial charge < -0.3 is 9.64 Å². The smallest absolute Gasteiger partial charge is 0.411 e. The van der Waals surface area contributed by atoms with E-state index in [1.165, 1.54) is 17.1 Å². The van der Waals surface area contributed by atoms with Crippen molar-refractivity contribution in [3.63, 3.8) is 0 Å². The summed E-state index contributed by atoms with van der Waals surface area (Å²) < 4.78 is 32.2. The maximum Gasteiger partial charge on any atom is 0.411 e. The Hall–Kier alpha value is -3.04. The lowest BCUT2D eigenvalue weighted by atomic mass is 10.1. The van der Waals surface area contributed by atoms with Crippen molar-refractivity contribution >= 4 is 38.9 Å². The molecule has 8 nitrogen and oxygen atoms in total. The highest BCUT2D eigenvalue weighted by atomic mass is 35.5. The third-order valence-corrected chi connectivity index (χ3v) is 7.05. The summed E-state index contributed by atoms with van der Waals surface area (Å²) in [6.45, 7) is 7.52. The number of hydrogen-bond acceptors (Lipinski definition) is 6. The van der Waals surface area contributed by atoms with E-state index in [4.69, 9.17) is 16.3 Å². The van der Waals surface area contributed by atoms with Crippen LogP contribution >= 0.6 is 11.6 Å². The van der Waals surface area contributed by atoms with Crippen LogP contribution in [0.25, 0.3) is 5.69 Å². The Balaban J connectivity index is 1.61. The van der Waals surface area contributed by atoms with E-state index in [1.54, 1.807) is 24.3 Å². The standard InChI is InChI=1S/C23H27ClN4O4S/c1-4-27(5-2)19-9-10-21(17(3)13-19)26-23(29)32-11-12-33(30,31)22-15-25-16-28(22)20-8-6-7-18(24)14-20/h6-10,13-16H,4-5,11-12H2,1-3H3,(H,26,29). The second kappa shape index (κ2) is 10.7. The summed E-state index contributed by atoms with van der Waals surface area (Å²) in [7, 11) is -3.76. The van der Waals surface area contributed by atoms with Crippen molar-refractivity contribution < 1.29 is 17.9 Å². The number of hydrogen-bond donors (Lipinski definition) is 1. The third-order valence-electron chi connectivity index (χ3n) is 5.17. The molecule has 10 heteroatoms. The van der Waals surface area contributed by atoms with Gasteiger partial charge in [0.25, 0.3) is 0 Å². The van der Waals surface area contributed by atoms with Crippen molar-refractivity contribution in [3.8, 4) is 5.69 Å². The van der Waals surface area contributed by atoms with Crippen LogP contribution in [0.3, 0.4) is 0 Å². The first-order valence-corrected chi connectivity index (χ1v) is 12.6. The molecule has 0 fully saturated rings. The highest BCUT2D eigenvalue weighted by Crippen LogP contribution is 2.23. The average Bonchev–Trinajstić information content (AvgIpc) is 3.27. The van der Waals surface area contributed by atoms with Gasteiger partial charge in [0, 0.05) is 35.2 Å². The number of anilines is 2. The minimum absolute atomic E-state index is 0.00314. The van der Waals surface area contributed by atoms with Crippen molar-refractivity contribution in [2.45, 2.75) is 25.8 Å². The van der Waals surface area contributed by atoms with Gasteiger partial charge in [0.1, 0.15) is 12.9 Å². The molecule has 1 N–H and O–H groups in total. The highest BCUT2D eigenvalue weighted by molar-refractivity contribution is 7.91. The number of amides is 1. The fraction of sp³-hybridized carbons (Fsp3) is 0.304. The second-order valence-electron chi connectivity index (χ2n) is 7.33. The van der Waals surface area contributed by atoms with E-state index in [0.29, 0.717) is 16.4 Å². The lowest BCUT2D eigenvalue weighted by Crippen LogP contribution is -2.22. The minimum atomic E-state index is -3.76. The number of rotatable bonds is 9. The van der Waals surface area contributed by atoms with Gasteiger partial charge in [0.15, 0.2) is 14.9 Å². The van der Waals surface area contributed by atoms with E-state index in [-0.39, 0.29) is 17.4 Å². The molecule has 1 amide bonds. The monoisotopic (exact) mass is 490 g/mol. The number of nitrogens with one attached hydrogen (secondary N) is 1. The van der Waals surface area contributed by atoms with Gasteiger partial charge in [-0.3, -0.25) is 9.88 Å². The highest BCUT2D eigenvalue weighted by Gasteiger charge is 2.21. The van der Waals surface area contributed by atoms with E-state index >= 15 is 0 Å². The van der Waals surface area contributed by atoms with Crippen LogP contribution in [0.4, 0.5) is 16.2 Å². The lowest BCUT2D eigenvalue weighted by molar-refractivity contribution is 0.168. The van der Waals surface area contributed by atoms with Gasteiger partial charge in [-0.2, -0.15) is 0 Å². The number of nitrogens with zero attached hydrogens (tertiary/aromatic N) is 3. The molecular formula is C23H27ClN4O4S. The molecule has 0 radical (unpaired) electrons. The Morgan fingerprint density at radius 3 is 2.61 bits per heavy atom. The van der Waals surface area contributed by atoms with Crippen LogP contribution in [0.5, 0.6) is 0 Å². The number of carbonyl (C=O) groups is 1. The number of carbonyl (C=O) groups excluding carboxylic acids is 1. The van der Waals surface area contributed by atoms with Gasteiger partial charge in [-0.1, -0.05) is 17.7 Å². The van der Waals surface area contributed by atoms with Gasteiger partial charge in [-0.15, -0.1) is 0 Å². The Bertz CT molecular complexity index is 1220. The number of benzene rings is 2. The fourth-order valence-electron chi connectivity index (χ4n) is 3.40. The van der Waals surface area contributed by atoms with Gasteiger partial charge in [-0.05, 0) is 62.7 Å². The molecule has 0 saturated carbocycles. The van der Waals surface area contributed by atoms with E-state index in [9.17, 15) is 13.2 Å². The molecule has 1 heterocycles. The van der Waals surface area contributed by atoms with E-state index in [1.807, 2.05) is 25.1 Å². The largest absolute Gasteiger partial charge is 0.448 e. The molecule has 3 rings (SSSR count). The molecule has 0 unspecified atom stereocenters. The van der Waals surface area contributed by atoms with Gasteiger partial charge >= 0.3 is 6.09 Å². The van der Waals surface area contributed by atoms with Crippen molar-refractivity contribution in [2.75, 3.05) is 35.7 Å². The summed E-state index contributed by atoms with van der Waals surface area (Å²) in [6.07, 6.45) is 1.95. The van der Waals surface area contributed by atoms with Crippen molar-refractivity contribution in [1.29, 1.82) is 0 Å². The normalized spacial score (nSPS) is 11.3. The average molecular weight is 491 g/mol. The molecule has 0 aliphatic carbocycles. The molecule has 1 aromatic heterocycles. The molecule has 0 bridgehead atoms. The van der Waals surface area contributed by atoms with Gasteiger partial charge in [-0.25, -0.2) is 18.2 Å². The molecule has 0 saturated heterocycles. The first-order chi connectivity index (χ1) is 15.7. The fourth-order valence-corrected chi connectivity index (χ4v) is 4.77. The summed E-state index contributed by atoms with van der Waals surface area (Å²) in [4.78, 5) is 18.4. The van der Waals surface area contributed by atoms with Crippen molar-refractivity contribution in [2.24, 2.45) is 0 Å². The molecule has 33 heavy (non-hydrogen) atoms. The summed E-state index contributed by atoms with van der Waals surface area (Å²) >= 11 is 6.01. The molecule has 0 aliphatic rings. The topological polar surface area (TPSA) is 93.5 Å². The first-order valence-electron chi connectivity index (χ1n) is 10.6. The van der Waals surface area contributed by atoms with Crippen molar-refractivity contribution in [1.82, 2.24) is 9.55 Å². The SMILES string of the molecule is CCN(CC)c1ccc(NC(=O)OCCS(=O)(=O)c2cncn2-c2cccc(Cl)c2)c(C)c1. The number of aryl methyl sites for hydroxylation is 1. The van der Waals surface area contributed by atoms with Crippen LogP contribution in [0.2, 0.25) is 5.02 Å². The Morgan fingerprint density at radius 1 is 1.18 bits per heavy atom.